The summed E-state index contributed by atoms with van der Waals surface area (Å²) in [4.78, 5) is 10.0. The van der Waals surface area contributed by atoms with E-state index in [4.69, 9.17) is 15.5 Å². The summed E-state index contributed by atoms with van der Waals surface area (Å²) in [5, 5.41) is 0. The van der Waals surface area contributed by atoms with Crippen molar-refractivity contribution in [1.29, 1.82) is 0 Å². The first-order valence-electron chi connectivity index (χ1n) is 7.86. The SMILES string of the molecule is CCCCCCCCCCCCOOCCCN. The summed E-state index contributed by atoms with van der Waals surface area (Å²) in [5.74, 6) is 0. The summed E-state index contributed by atoms with van der Waals surface area (Å²) in [6.45, 7) is 4.28. The molecule has 0 fully saturated rings. The van der Waals surface area contributed by atoms with Crippen LogP contribution in [0.4, 0.5) is 0 Å². The second-order valence-corrected chi connectivity index (χ2v) is 4.97. The van der Waals surface area contributed by atoms with Crippen LogP contribution in [0.3, 0.4) is 0 Å². The highest BCUT2D eigenvalue weighted by Gasteiger charge is 1.93. The molecule has 0 radical (unpaired) electrons. The van der Waals surface area contributed by atoms with Crippen molar-refractivity contribution < 1.29 is 9.78 Å². The predicted octanol–water partition coefficient (Wildman–Crippen LogP) is 4.20. The molecule has 3 heteroatoms. The Morgan fingerprint density at radius 2 is 1.06 bits per heavy atom. The van der Waals surface area contributed by atoms with Crippen LogP contribution in [0.5, 0.6) is 0 Å². The average molecular weight is 259 g/mol. The minimum atomic E-state index is 0.619. The van der Waals surface area contributed by atoms with Gasteiger partial charge in [0.1, 0.15) is 0 Å². The molecule has 0 saturated heterocycles. The van der Waals surface area contributed by atoms with Gasteiger partial charge in [-0.2, -0.15) is 0 Å². The summed E-state index contributed by atoms with van der Waals surface area (Å²) in [6, 6.07) is 0. The molecule has 3 nitrogen and oxygen atoms in total. The largest absolute Gasteiger partial charge is 0.330 e. The number of unbranched alkanes of at least 4 members (excludes halogenated alkanes) is 9. The lowest BCUT2D eigenvalue weighted by Gasteiger charge is -2.04. The van der Waals surface area contributed by atoms with E-state index in [2.05, 4.69) is 6.92 Å². The van der Waals surface area contributed by atoms with Crippen molar-refractivity contribution in [2.24, 2.45) is 5.73 Å². The normalized spacial score (nSPS) is 11.0. The molecule has 18 heavy (non-hydrogen) atoms. The Bertz CT molecular complexity index is 126. The van der Waals surface area contributed by atoms with Gasteiger partial charge in [-0.25, -0.2) is 9.78 Å². The van der Waals surface area contributed by atoms with Gasteiger partial charge in [0.2, 0.25) is 0 Å². The third-order valence-corrected chi connectivity index (χ3v) is 3.10. The minimum Gasteiger partial charge on any atom is -0.330 e. The summed E-state index contributed by atoms with van der Waals surface area (Å²) >= 11 is 0. The lowest BCUT2D eigenvalue weighted by molar-refractivity contribution is -0.294. The van der Waals surface area contributed by atoms with Crippen molar-refractivity contribution >= 4 is 0 Å². The monoisotopic (exact) mass is 259 g/mol. The van der Waals surface area contributed by atoms with Crippen LogP contribution in [-0.4, -0.2) is 19.8 Å². The van der Waals surface area contributed by atoms with E-state index in [-0.39, 0.29) is 0 Å². The Kier molecular flexibility index (Phi) is 16.8. The van der Waals surface area contributed by atoms with Crippen molar-refractivity contribution in [3.05, 3.63) is 0 Å². The van der Waals surface area contributed by atoms with E-state index in [9.17, 15) is 0 Å². The smallest absolute Gasteiger partial charge is 0.0834 e. The van der Waals surface area contributed by atoms with Crippen LogP contribution in [-0.2, 0) is 9.78 Å². The standard InChI is InChI=1S/C15H33NO2/c1-2-3-4-5-6-7-8-9-10-11-14-17-18-15-12-13-16/h2-16H2,1H3. The zero-order valence-electron chi connectivity index (χ0n) is 12.3. The first-order valence-corrected chi connectivity index (χ1v) is 7.86. The maximum Gasteiger partial charge on any atom is 0.0834 e. The molecular formula is C15H33NO2. The third-order valence-electron chi connectivity index (χ3n) is 3.10. The molecule has 0 aromatic carbocycles. The van der Waals surface area contributed by atoms with Crippen LogP contribution >= 0.6 is 0 Å². The first kappa shape index (κ1) is 17.9. The molecule has 0 rings (SSSR count). The zero-order chi connectivity index (χ0) is 13.3. The highest BCUT2D eigenvalue weighted by Crippen LogP contribution is 2.10. The van der Waals surface area contributed by atoms with Gasteiger partial charge in [-0.05, 0) is 19.4 Å². The number of rotatable bonds is 15. The average Bonchev–Trinajstić information content (AvgIpc) is 2.39. The number of hydrogen-bond acceptors (Lipinski definition) is 3. The van der Waals surface area contributed by atoms with Gasteiger partial charge in [0.15, 0.2) is 0 Å². The van der Waals surface area contributed by atoms with Crippen LogP contribution in [0, 0.1) is 0 Å². The Balaban J connectivity index is 2.86. The zero-order valence-corrected chi connectivity index (χ0v) is 12.3. The fraction of sp³-hybridized carbons (Fsp3) is 1.00. The molecule has 0 spiro atoms. The molecule has 0 atom stereocenters. The molecule has 0 aliphatic heterocycles. The molecule has 0 heterocycles. The van der Waals surface area contributed by atoms with Crippen molar-refractivity contribution in [2.75, 3.05) is 19.8 Å². The molecule has 0 aromatic rings. The van der Waals surface area contributed by atoms with Crippen LogP contribution in [0.1, 0.15) is 77.6 Å². The lowest BCUT2D eigenvalue weighted by atomic mass is 10.1. The molecule has 0 aliphatic carbocycles. The summed E-state index contributed by atoms with van der Waals surface area (Å²) in [6.07, 6.45) is 14.4. The van der Waals surface area contributed by atoms with E-state index in [1.54, 1.807) is 0 Å². The van der Waals surface area contributed by atoms with Gasteiger partial charge in [-0.3, -0.25) is 0 Å². The Morgan fingerprint density at radius 3 is 1.56 bits per heavy atom. The summed E-state index contributed by atoms with van der Waals surface area (Å²) in [7, 11) is 0. The number of nitrogens with two attached hydrogens (primary N) is 1. The fourth-order valence-electron chi connectivity index (χ4n) is 1.91. The molecule has 110 valence electrons. The van der Waals surface area contributed by atoms with E-state index >= 15 is 0 Å². The van der Waals surface area contributed by atoms with Gasteiger partial charge < -0.3 is 5.73 Å². The topological polar surface area (TPSA) is 44.5 Å². The number of hydrogen-bond donors (Lipinski definition) is 1. The van der Waals surface area contributed by atoms with E-state index in [0.717, 1.165) is 19.4 Å². The van der Waals surface area contributed by atoms with Crippen molar-refractivity contribution in [1.82, 2.24) is 0 Å². The second-order valence-electron chi connectivity index (χ2n) is 4.97. The van der Waals surface area contributed by atoms with Gasteiger partial charge in [0.25, 0.3) is 0 Å². The molecule has 0 saturated carbocycles. The molecular weight excluding hydrogens is 226 g/mol. The highest BCUT2D eigenvalue weighted by atomic mass is 17.2. The van der Waals surface area contributed by atoms with E-state index in [1.807, 2.05) is 0 Å². The Labute approximate surface area is 113 Å². The maximum absolute atomic E-state index is 5.34. The van der Waals surface area contributed by atoms with Crippen molar-refractivity contribution in [2.45, 2.75) is 77.6 Å². The molecule has 0 aromatic heterocycles. The van der Waals surface area contributed by atoms with Gasteiger partial charge >= 0.3 is 0 Å². The van der Waals surface area contributed by atoms with Crippen LogP contribution in [0.15, 0.2) is 0 Å². The van der Waals surface area contributed by atoms with Crippen molar-refractivity contribution in [3.8, 4) is 0 Å². The van der Waals surface area contributed by atoms with Crippen LogP contribution < -0.4 is 5.73 Å². The Hall–Kier alpha value is -0.120. The van der Waals surface area contributed by atoms with Crippen molar-refractivity contribution in [3.63, 3.8) is 0 Å². The molecule has 0 bridgehead atoms. The van der Waals surface area contributed by atoms with Gasteiger partial charge in [0.05, 0.1) is 13.2 Å². The molecule has 0 amide bonds. The predicted molar refractivity (Wildman–Crippen MR) is 77.4 cm³/mol. The van der Waals surface area contributed by atoms with E-state index in [1.165, 1.54) is 57.8 Å². The van der Waals surface area contributed by atoms with Gasteiger partial charge in [-0.15, -0.1) is 0 Å². The summed E-state index contributed by atoms with van der Waals surface area (Å²) in [5.41, 5.74) is 5.34. The second kappa shape index (κ2) is 16.9. The van der Waals surface area contributed by atoms with Crippen LogP contribution in [0.2, 0.25) is 0 Å². The lowest BCUT2D eigenvalue weighted by Crippen LogP contribution is -2.05. The first-order chi connectivity index (χ1) is 8.91. The minimum absolute atomic E-state index is 0.619. The Morgan fingerprint density at radius 1 is 0.611 bits per heavy atom. The quantitative estimate of drug-likeness (QED) is 0.272. The highest BCUT2D eigenvalue weighted by molar-refractivity contribution is 4.46. The maximum atomic E-state index is 5.34. The molecule has 0 unspecified atom stereocenters. The fourth-order valence-corrected chi connectivity index (χ4v) is 1.91. The van der Waals surface area contributed by atoms with E-state index in [0.29, 0.717) is 13.2 Å². The third kappa shape index (κ3) is 15.9. The summed E-state index contributed by atoms with van der Waals surface area (Å²) < 4.78 is 0. The molecule has 0 aliphatic rings. The van der Waals surface area contributed by atoms with E-state index < -0.39 is 0 Å². The van der Waals surface area contributed by atoms with Crippen LogP contribution in [0.25, 0.3) is 0 Å². The van der Waals surface area contributed by atoms with Gasteiger partial charge in [0, 0.05) is 0 Å². The van der Waals surface area contributed by atoms with Gasteiger partial charge in [-0.1, -0.05) is 64.7 Å². The molecule has 2 N–H and O–H groups in total.